The van der Waals surface area contributed by atoms with Crippen LogP contribution in [0, 0.1) is 5.92 Å². The van der Waals surface area contributed by atoms with Gasteiger partial charge in [0, 0.05) is 51.7 Å². The molecule has 1 aliphatic heterocycles. The Morgan fingerprint density at radius 3 is 2.45 bits per heavy atom. The van der Waals surface area contributed by atoms with E-state index in [4.69, 9.17) is 0 Å². The van der Waals surface area contributed by atoms with Crippen LogP contribution >= 0.6 is 0 Å². The first-order chi connectivity index (χ1) is 13.7. The molecule has 3 N–H and O–H groups in total. The zero-order chi connectivity index (χ0) is 21.4. The highest BCUT2D eigenvalue weighted by molar-refractivity contribution is 5.80. The van der Waals surface area contributed by atoms with E-state index in [1.165, 1.54) is 12.1 Å². The van der Waals surface area contributed by atoms with Gasteiger partial charge in [0.25, 0.3) is 0 Å². The van der Waals surface area contributed by atoms with Crippen molar-refractivity contribution in [1.29, 1.82) is 0 Å². The van der Waals surface area contributed by atoms with Gasteiger partial charge in [-0.05, 0) is 24.1 Å². The molecule has 1 aromatic rings. The molecule has 0 radical (unpaired) electrons. The molecular formula is C20H30F3N5O. The number of rotatable bonds is 7. The Kier molecular flexibility index (Phi) is 8.31. The largest absolute Gasteiger partial charge is 0.416 e. The Balaban J connectivity index is 1.73. The van der Waals surface area contributed by atoms with Gasteiger partial charge in [0.15, 0.2) is 5.96 Å². The van der Waals surface area contributed by atoms with Gasteiger partial charge in [0.2, 0.25) is 5.91 Å². The number of halogens is 3. The monoisotopic (exact) mass is 413 g/mol. The summed E-state index contributed by atoms with van der Waals surface area (Å²) >= 11 is 0. The van der Waals surface area contributed by atoms with E-state index in [0.717, 1.165) is 37.2 Å². The van der Waals surface area contributed by atoms with Gasteiger partial charge in [-0.2, -0.15) is 13.2 Å². The number of benzene rings is 1. The number of alkyl halides is 3. The average molecular weight is 413 g/mol. The predicted molar refractivity (Wildman–Crippen MR) is 107 cm³/mol. The molecule has 1 aromatic carbocycles. The normalized spacial score (nSPS) is 18.2. The summed E-state index contributed by atoms with van der Waals surface area (Å²) in [5.41, 5.74) is 0.240. The van der Waals surface area contributed by atoms with Crippen LogP contribution in [-0.2, 0) is 17.5 Å². The Bertz CT molecular complexity index is 688. The minimum Gasteiger partial charge on any atom is -0.355 e. The molecule has 0 aliphatic carbocycles. The van der Waals surface area contributed by atoms with E-state index in [1.54, 1.807) is 7.05 Å². The first kappa shape index (κ1) is 23.0. The Morgan fingerprint density at radius 1 is 1.21 bits per heavy atom. The van der Waals surface area contributed by atoms with Crippen molar-refractivity contribution < 1.29 is 18.0 Å². The highest BCUT2D eigenvalue weighted by atomic mass is 19.4. The molecule has 2 rings (SSSR count). The summed E-state index contributed by atoms with van der Waals surface area (Å²) in [7, 11) is 1.69. The summed E-state index contributed by atoms with van der Waals surface area (Å²) in [6, 6.07) is 5.54. The zero-order valence-electron chi connectivity index (χ0n) is 17.1. The van der Waals surface area contributed by atoms with E-state index in [0.29, 0.717) is 25.6 Å². The standard InChI is InChI=1S/C20H30F3N5O/c1-14(2)18(29)25-9-10-26-19(24-3)27-17-8-11-28(13-17)12-15-4-6-16(7-5-15)20(21,22)23/h4-7,14,17H,8-13H2,1-3H3,(H,25,29)(H2,24,26,27). The molecule has 9 heteroatoms. The zero-order valence-corrected chi connectivity index (χ0v) is 17.1. The van der Waals surface area contributed by atoms with Crippen LogP contribution in [0.25, 0.3) is 0 Å². The Labute approximate surface area is 169 Å². The van der Waals surface area contributed by atoms with E-state index >= 15 is 0 Å². The molecule has 0 bridgehead atoms. The lowest BCUT2D eigenvalue weighted by Crippen LogP contribution is -2.46. The number of guanidine groups is 1. The second-order valence-corrected chi connectivity index (χ2v) is 7.50. The SMILES string of the molecule is CN=C(NCCNC(=O)C(C)C)NC1CCN(Cc2ccc(C(F)(F)F)cc2)C1. The maximum Gasteiger partial charge on any atom is 0.416 e. The van der Waals surface area contributed by atoms with E-state index in [1.807, 2.05) is 13.8 Å². The highest BCUT2D eigenvalue weighted by Gasteiger charge is 2.30. The number of aliphatic imine (C=N–C) groups is 1. The second-order valence-electron chi connectivity index (χ2n) is 7.50. The van der Waals surface area contributed by atoms with Crippen LogP contribution < -0.4 is 16.0 Å². The van der Waals surface area contributed by atoms with Crippen LogP contribution in [0.5, 0.6) is 0 Å². The Morgan fingerprint density at radius 2 is 1.86 bits per heavy atom. The third kappa shape index (κ3) is 7.56. The van der Waals surface area contributed by atoms with Crippen LogP contribution in [-0.4, -0.2) is 56.0 Å². The molecule has 0 spiro atoms. The topological polar surface area (TPSA) is 68.8 Å². The number of hydrogen-bond donors (Lipinski definition) is 3. The molecule has 29 heavy (non-hydrogen) atoms. The molecule has 1 amide bonds. The first-order valence-corrected chi connectivity index (χ1v) is 9.82. The Hall–Kier alpha value is -2.29. The van der Waals surface area contributed by atoms with Crippen molar-refractivity contribution in [3.63, 3.8) is 0 Å². The summed E-state index contributed by atoms with van der Waals surface area (Å²) in [5.74, 6) is 0.649. The van der Waals surface area contributed by atoms with Gasteiger partial charge in [-0.3, -0.25) is 14.7 Å². The number of carbonyl (C=O) groups is 1. The second kappa shape index (κ2) is 10.5. The quantitative estimate of drug-likeness (QED) is 0.364. The van der Waals surface area contributed by atoms with E-state index < -0.39 is 11.7 Å². The predicted octanol–water partition coefficient (Wildman–Crippen LogP) is 2.22. The van der Waals surface area contributed by atoms with E-state index in [9.17, 15) is 18.0 Å². The summed E-state index contributed by atoms with van der Waals surface area (Å²) < 4.78 is 38.0. The number of amides is 1. The minimum absolute atomic E-state index is 0.0180. The molecular weight excluding hydrogens is 383 g/mol. The van der Waals surface area contributed by atoms with Gasteiger partial charge >= 0.3 is 6.18 Å². The summed E-state index contributed by atoms with van der Waals surface area (Å²) in [6.45, 7) is 7.04. The molecule has 1 heterocycles. The van der Waals surface area contributed by atoms with Crippen molar-refractivity contribution in [3.05, 3.63) is 35.4 Å². The molecule has 1 aliphatic rings. The van der Waals surface area contributed by atoms with Gasteiger partial charge < -0.3 is 16.0 Å². The number of carbonyl (C=O) groups excluding carboxylic acids is 1. The fraction of sp³-hybridized carbons (Fsp3) is 0.600. The summed E-state index contributed by atoms with van der Waals surface area (Å²) in [5, 5.41) is 9.37. The van der Waals surface area contributed by atoms with Crippen LogP contribution in [0.4, 0.5) is 13.2 Å². The fourth-order valence-corrected chi connectivity index (χ4v) is 3.11. The number of likely N-dealkylation sites (tertiary alicyclic amines) is 1. The lowest BCUT2D eigenvalue weighted by atomic mass is 10.1. The van der Waals surface area contributed by atoms with E-state index in [-0.39, 0.29) is 17.9 Å². The van der Waals surface area contributed by atoms with Gasteiger partial charge in [-0.25, -0.2) is 0 Å². The summed E-state index contributed by atoms with van der Waals surface area (Å²) in [6.07, 6.45) is -3.38. The lowest BCUT2D eigenvalue weighted by molar-refractivity contribution is -0.137. The molecule has 1 fully saturated rings. The summed E-state index contributed by atoms with van der Waals surface area (Å²) in [4.78, 5) is 17.9. The van der Waals surface area contributed by atoms with Gasteiger partial charge in [0.05, 0.1) is 5.56 Å². The molecule has 1 atom stereocenters. The van der Waals surface area contributed by atoms with Crippen LogP contribution in [0.1, 0.15) is 31.4 Å². The molecule has 162 valence electrons. The molecule has 1 saturated heterocycles. The van der Waals surface area contributed by atoms with Gasteiger partial charge in [-0.15, -0.1) is 0 Å². The maximum atomic E-state index is 12.7. The molecule has 0 aromatic heterocycles. The van der Waals surface area contributed by atoms with Crippen LogP contribution in [0.3, 0.4) is 0 Å². The van der Waals surface area contributed by atoms with Crippen molar-refractivity contribution in [2.45, 2.75) is 39.0 Å². The highest BCUT2D eigenvalue weighted by Crippen LogP contribution is 2.29. The van der Waals surface area contributed by atoms with Gasteiger partial charge in [-0.1, -0.05) is 26.0 Å². The van der Waals surface area contributed by atoms with Gasteiger partial charge in [0.1, 0.15) is 0 Å². The van der Waals surface area contributed by atoms with E-state index in [2.05, 4.69) is 25.8 Å². The number of nitrogens with zero attached hydrogens (tertiary/aromatic N) is 2. The third-order valence-corrected chi connectivity index (χ3v) is 4.77. The average Bonchev–Trinajstić information content (AvgIpc) is 3.10. The smallest absolute Gasteiger partial charge is 0.355 e. The molecule has 1 unspecified atom stereocenters. The van der Waals surface area contributed by atoms with Crippen molar-refractivity contribution in [3.8, 4) is 0 Å². The molecule has 0 saturated carbocycles. The number of nitrogens with one attached hydrogen (secondary N) is 3. The van der Waals surface area contributed by atoms with Crippen molar-refractivity contribution in [2.75, 3.05) is 33.2 Å². The van der Waals surface area contributed by atoms with Crippen molar-refractivity contribution in [2.24, 2.45) is 10.9 Å². The maximum absolute atomic E-state index is 12.7. The lowest BCUT2D eigenvalue weighted by Gasteiger charge is -2.19. The first-order valence-electron chi connectivity index (χ1n) is 9.82. The van der Waals surface area contributed by atoms with Crippen LogP contribution in [0.2, 0.25) is 0 Å². The van der Waals surface area contributed by atoms with Crippen molar-refractivity contribution >= 4 is 11.9 Å². The van der Waals surface area contributed by atoms with Crippen molar-refractivity contribution in [1.82, 2.24) is 20.9 Å². The fourth-order valence-electron chi connectivity index (χ4n) is 3.11. The van der Waals surface area contributed by atoms with Crippen LogP contribution in [0.15, 0.2) is 29.3 Å². The third-order valence-electron chi connectivity index (χ3n) is 4.77. The molecule has 6 nitrogen and oxygen atoms in total. The minimum atomic E-state index is -4.30. The number of hydrogen-bond acceptors (Lipinski definition) is 3.